The minimum absolute atomic E-state index is 0.157. The fourth-order valence-electron chi connectivity index (χ4n) is 1.05. The van der Waals surface area contributed by atoms with Crippen LogP contribution >= 0.6 is 11.8 Å². The number of thioether (sulfide) groups is 1. The number of halogens is 6. The van der Waals surface area contributed by atoms with Gasteiger partial charge in [-0.05, 0) is 6.42 Å². The minimum atomic E-state index is -4.73. The monoisotopic (exact) mass is 296 g/mol. The molecule has 0 aliphatic rings. The van der Waals surface area contributed by atoms with Gasteiger partial charge >= 0.3 is 6.18 Å². The second-order valence-corrected chi connectivity index (χ2v) is 4.86. The number of hydrogen-bond acceptors (Lipinski definition) is 2. The molecule has 0 aliphatic carbocycles. The largest absolute Gasteiger partial charge is 0.389 e. The van der Waals surface area contributed by atoms with Crippen LogP contribution in [0.25, 0.3) is 0 Å². The lowest BCUT2D eigenvalue weighted by atomic mass is 10.1. The van der Waals surface area contributed by atoms with E-state index in [0.29, 0.717) is 11.8 Å². The molecule has 0 spiro atoms. The highest BCUT2D eigenvalue weighted by molar-refractivity contribution is 8.13. The molecule has 18 heavy (non-hydrogen) atoms. The maximum Gasteiger partial charge on any atom is 0.389 e. The zero-order valence-corrected chi connectivity index (χ0v) is 10.5. The van der Waals surface area contributed by atoms with Crippen molar-refractivity contribution < 1.29 is 31.1 Å². The predicted molar refractivity (Wildman–Crippen MR) is 57.5 cm³/mol. The van der Waals surface area contributed by atoms with Crippen molar-refractivity contribution in [2.75, 3.05) is 5.75 Å². The fraction of sp³-hybridized carbons (Fsp3) is 0.900. The number of hydrogen-bond donors (Lipinski definition) is 0. The Bertz CT molecular complexity index is 266. The third-order valence-corrected chi connectivity index (χ3v) is 3.17. The van der Waals surface area contributed by atoms with Crippen molar-refractivity contribution in [3.05, 3.63) is 0 Å². The van der Waals surface area contributed by atoms with Crippen LogP contribution in [-0.2, 0) is 4.79 Å². The van der Waals surface area contributed by atoms with Crippen LogP contribution in [0, 0.1) is 0 Å². The maximum absolute atomic E-state index is 13.1. The van der Waals surface area contributed by atoms with Crippen molar-refractivity contribution in [2.24, 2.45) is 0 Å². The lowest BCUT2D eigenvalue weighted by Crippen LogP contribution is -2.32. The average Bonchev–Trinajstić information content (AvgIpc) is 2.25. The number of alkyl halides is 6. The Balaban J connectivity index is 4.06. The first kappa shape index (κ1) is 17.6. The summed E-state index contributed by atoms with van der Waals surface area (Å²) < 4.78 is 74.3. The van der Waals surface area contributed by atoms with Gasteiger partial charge in [0.15, 0.2) is 11.3 Å². The first-order valence-corrected chi connectivity index (χ1v) is 6.31. The predicted octanol–water partition coefficient (Wildman–Crippen LogP) is 4.36. The van der Waals surface area contributed by atoms with Gasteiger partial charge < -0.3 is 0 Å². The minimum Gasteiger partial charge on any atom is -0.287 e. The van der Waals surface area contributed by atoms with E-state index in [1.54, 1.807) is 6.92 Å². The van der Waals surface area contributed by atoms with Crippen LogP contribution in [0.4, 0.5) is 26.3 Å². The van der Waals surface area contributed by atoms with E-state index in [4.69, 9.17) is 0 Å². The fourth-order valence-corrected chi connectivity index (χ4v) is 1.81. The maximum atomic E-state index is 13.1. The molecule has 8 heteroatoms. The van der Waals surface area contributed by atoms with Gasteiger partial charge in [-0.3, -0.25) is 4.79 Å². The van der Waals surface area contributed by atoms with Gasteiger partial charge in [0.25, 0.3) is 5.92 Å². The summed E-state index contributed by atoms with van der Waals surface area (Å²) in [5.41, 5.74) is 0. The van der Waals surface area contributed by atoms with Crippen molar-refractivity contribution >= 4 is 16.9 Å². The summed E-state index contributed by atoms with van der Waals surface area (Å²) in [4.78, 5) is 10.8. The molecule has 0 fully saturated rings. The van der Waals surface area contributed by atoms with Crippen molar-refractivity contribution in [3.8, 4) is 0 Å². The Hall–Kier alpha value is -0.400. The molecule has 108 valence electrons. The molecular formula is C10H14F6OS. The van der Waals surface area contributed by atoms with Gasteiger partial charge in [-0.15, -0.1) is 0 Å². The van der Waals surface area contributed by atoms with E-state index >= 15 is 0 Å². The molecule has 1 nitrogen and oxygen atoms in total. The van der Waals surface area contributed by atoms with Gasteiger partial charge in [0.1, 0.15) is 0 Å². The van der Waals surface area contributed by atoms with Gasteiger partial charge in [0, 0.05) is 25.0 Å². The average molecular weight is 296 g/mol. The Morgan fingerprint density at radius 3 is 2.17 bits per heavy atom. The summed E-state index contributed by atoms with van der Waals surface area (Å²) in [6, 6.07) is 0. The highest BCUT2D eigenvalue weighted by Crippen LogP contribution is 2.34. The zero-order chi connectivity index (χ0) is 14.4. The lowest BCUT2D eigenvalue weighted by molar-refractivity contribution is -0.161. The quantitative estimate of drug-likeness (QED) is 0.649. The van der Waals surface area contributed by atoms with E-state index < -0.39 is 37.5 Å². The number of carbonyl (C=O) groups excluding carboxylic acids is 1. The Kier molecular flexibility index (Phi) is 7.09. The number of carbonyl (C=O) groups is 1. The normalized spacial score (nSPS) is 14.6. The molecule has 0 radical (unpaired) electrons. The molecule has 0 rings (SSSR count). The molecule has 0 aromatic rings. The summed E-state index contributed by atoms with van der Waals surface area (Å²) in [5, 5.41) is -0.263. The van der Waals surface area contributed by atoms with E-state index in [0.717, 1.165) is 0 Å². The van der Waals surface area contributed by atoms with Gasteiger partial charge in [-0.2, -0.15) is 13.2 Å². The molecule has 0 N–H and O–H groups in total. The second kappa shape index (κ2) is 7.25. The molecule has 0 amide bonds. The van der Waals surface area contributed by atoms with Gasteiger partial charge in [-0.25, -0.2) is 13.2 Å². The molecule has 1 unspecified atom stereocenters. The number of rotatable bonds is 7. The molecule has 0 saturated heterocycles. The molecule has 0 heterocycles. The Morgan fingerprint density at radius 2 is 1.72 bits per heavy atom. The molecule has 0 saturated carbocycles. The summed E-state index contributed by atoms with van der Waals surface area (Å²) in [6.07, 6.45) is -11.1. The van der Waals surface area contributed by atoms with Crippen LogP contribution in [0.15, 0.2) is 0 Å². The Labute approximate surface area is 105 Å². The van der Waals surface area contributed by atoms with Crippen LogP contribution in [0.5, 0.6) is 0 Å². The highest BCUT2D eigenvalue weighted by atomic mass is 32.2. The van der Waals surface area contributed by atoms with Crippen molar-refractivity contribution in [1.82, 2.24) is 0 Å². The smallest absolute Gasteiger partial charge is 0.287 e. The molecule has 1 atom stereocenters. The van der Waals surface area contributed by atoms with E-state index in [1.807, 2.05) is 0 Å². The van der Waals surface area contributed by atoms with Crippen molar-refractivity contribution in [1.29, 1.82) is 0 Å². The van der Waals surface area contributed by atoms with Crippen LogP contribution in [-0.4, -0.2) is 29.1 Å². The van der Waals surface area contributed by atoms with Gasteiger partial charge in [0.2, 0.25) is 0 Å². The summed E-state index contributed by atoms with van der Waals surface area (Å²) >= 11 is 0.710. The standard InChI is InChI=1S/C10H14F6OS/c1-2-8(17)18-6-3-7(11)9(12,13)4-5-10(14,15)16/h7H,2-6H2,1H3. The first-order chi connectivity index (χ1) is 8.08. The van der Waals surface area contributed by atoms with Gasteiger partial charge in [0.05, 0.1) is 0 Å². The van der Waals surface area contributed by atoms with Crippen LogP contribution < -0.4 is 0 Å². The third-order valence-electron chi connectivity index (χ3n) is 2.12. The molecule has 0 aromatic carbocycles. The zero-order valence-electron chi connectivity index (χ0n) is 9.70. The summed E-state index contributed by atoms with van der Waals surface area (Å²) in [6.45, 7) is 1.57. The summed E-state index contributed by atoms with van der Waals surface area (Å²) in [7, 11) is 0. The Morgan fingerprint density at radius 1 is 1.17 bits per heavy atom. The van der Waals surface area contributed by atoms with E-state index in [2.05, 4.69) is 0 Å². The van der Waals surface area contributed by atoms with Crippen LogP contribution in [0.3, 0.4) is 0 Å². The molecule has 0 bridgehead atoms. The van der Waals surface area contributed by atoms with Gasteiger partial charge in [-0.1, -0.05) is 18.7 Å². The SMILES string of the molecule is CCC(=O)SCCC(F)C(F)(F)CCC(F)(F)F. The van der Waals surface area contributed by atoms with Crippen LogP contribution in [0.1, 0.15) is 32.6 Å². The molecule has 0 aromatic heterocycles. The summed E-state index contributed by atoms with van der Waals surface area (Å²) in [5.74, 6) is -4.17. The first-order valence-electron chi connectivity index (χ1n) is 5.32. The molecular weight excluding hydrogens is 282 g/mol. The third kappa shape index (κ3) is 7.84. The van der Waals surface area contributed by atoms with E-state index in [1.165, 1.54) is 0 Å². The topological polar surface area (TPSA) is 17.1 Å². The van der Waals surface area contributed by atoms with Crippen LogP contribution in [0.2, 0.25) is 0 Å². The highest BCUT2D eigenvalue weighted by Gasteiger charge is 2.43. The van der Waals surface area contributed by atoms with E-state index in [-0.39, 0.29) is 17.3 Å². The lowest BCUT2D eigenvalue weighted by Gasteiger charge is -2.21. The van der Waals surface area contributed by atoms with Crippen molar-refractivity contribution in [3.63, 3.8) is 0 Å². The molecule has 0 aliphatic heterocycles. The van der Waals surface area contributed by atoms with E-state index in [9.17, 15) is 31.1 Å². The van der Waals surface area contributed by atoms with Crippen molar-refractivity contribution in [2.45, 2.75) is 50.9 Å². The second-order valence-electron chi connectivity index (χ2n) is 3.71.